The molecule has 0 aromatic carbocycles. The third-order valence-electron chi connectivity index (χ3n) is 3.62. The van der Waals surface area contributed by atoms with Gasteiger partial charge >= 0.3 is 0 Å². The van der Waals surface area contributed by atoms with Gasteiger partial charge in [-0.25, -0.2) is 0 Å². The van der Waals surface area contributed by atoms with Crippen LogP contribution >= 0.6 is 11.3 Å². The maximum Gasteiger partial charge on any atom is 0.147 e. The molecule has 2 aliphatic rings. The smallest absolute Gasteiger partial charge is 0.147 e. The zero-order valence-electron chi connectivity index (χ0n) is 9.98. The summed E-state index contributed by atoms with van der Waals surface area (Å²) in [6, 6.07) is 2.82. The minimum absolute atomic E-state index is 0.327. The third kappa shape index (κ3) is 2.71. The largest absolute Gasteiger partial charge is 0.355 e. The molecule has 3 nitrogen and oxygen atoms in total. The van der Waals surface area contributed by atoms with Gasteiger partial charge in [-0.15, -0.1) is 11.3 Å². The molecule has 4 heteroatoms. The molecule has 1 N–H and O–H groups in total. The third-order valence-corrected chi connectivity index (χ3v) is 4.61. The molecule has 0 radical (unpaired) electrons. The monoisotopic (exact) mass is 253 g/mol. The molecule has 2 heterocycles. The molecule has 1 aliphatic carbocycles. The lowest BCUT2D eigenvalue weighted by Gasteiger charge is -2.28. The molecule has 0 spiro atoms. The number of thiophene rings is 1. The maximum atomic E-state index is 5.56. The van der Waals surface area contributed by atoms with E-state index in [0.717, 1.165) is 19.6 Å². The molecular formula is C13H19NO2S. The second-order valence-corrected chi connectivity index (χ2v) is 5.76. The predicted octanol–water partition coefficient (Wildman–Crippen LogP) is 2.48. The van der Waals surface area contributed by atoms with Crippen LogP contribution in [0.3, 0.4) is 0 Å². The van der Waals surface area contributed by atoms with Gasteiger partial charge in [-0.1, -0.05) is 0 Å². The maximum absolute atomic E-state index is 5.56. The van der Waals surface area contributed by atoms with Crippen molar-refractivity contribution in [1.29, 1.82) is 0 Å². The fraction of sp³-hybridized carbons (Fsp3) is 0.692. The number of aryl methyl sites for hydroxylation is 1. The molecule has 3 rings (SSSR count). The van der Waals surface area contributed by atoms with Crippen LogP contribution in [0.1, 0.15) is 35.7 Å². The summed E-state index contributed by atoms with van der Waals surface area (Å²) in [4.78, 5) is 1.57. The van der Waals surface area contributed by atoms with Crippen molar-refractivity contribution < 1.29 is 9.47 Å². The van der Waals surface area contributed by atoms with E-state index in [-0.39, 0.29) is 0 Å². The topological polar surface area (TPSA) is 30.5 Å². The van der Waals surface area contributed by atoms with Crippen molar-refractivity contribution in [2.75, 3.05) is 19.9 Å². The average Bonchev–Trinajstić information content (AvgIpc) is 2.86. The molecule has 17 heavy (non-hydrogen) atoms. The summed E-state index contributed by atoms with van der Waals surface area (Å²) in [5.41, 5.74) is 1.52. The van der Waals surface area contributed by atoms with Gasteiger partial charge < -0.3 is 14.8 Å². The van der Waals surface area contributed by atoms with Crippen molar-refractivity contribution >= 4 is 11.3 Å². The first-order valence-electron chi connectivity index (χ1n) is 6.42. The highest BCUT2D eigenvalue weighted by molar-refractivity contribution is 7.10. The summed E-state index contributed by atoms with van der Waals surface area (Å²) in [5.74, 6) is 0. The highest BCUT2D eigenvalue weighted by Gasteiger charge is 2.22. The first kappa shape index (κ1) is 11.7. The van der Waals surface area contributed by atoms with Crippen LogP contribution in [0, 0.1) is 0 Å². The Morgan fingerprint density at radius 3 is 3.29 bits per heavy atom. The van der Waals surface area contributed by atoms with Crippen molar-refractivity contribution in [1.82, 2.24) is 5.32 Å². The SMILES string of the molecule is c1cc2c(s1)CCCC2NCC1CCOCO1. The number of ether oxygens (including phenoxy) is 2. The van der Waals surface area contributed by atoms with Crippen LogP contribution in [0.5, 0.6) is 0 Å². The van der Waals surface area contributed by atoms with Crippen LogP contribution in [0.25, 0.3) is 0 Å². The first-order valence-corrected chi connectivity index (χ1v) is 7.30. The van der Waals surface area contributed by atoms with Crippen LogP contribution in [0.4, 0.5) is 0 Å². The highest BCUT2D eigenvalue weighted by atomic mass is 32.1. The van der Waals surface area contributed by atoms with E-state index < -0.39 is 0 Å². The van der Waals surface area contributed by atoms with Gasteiger partial charge in [0, 0.05) is 17.5 Å². The van der Waals surface area contributed by atoms with Gasteiger partial charge in [-0.3, -0.25) is 0 Å². The van der Waals surface area contributed by atoms with Gasteiger partial charge in [0.25, 0.3) is 0 Å². The zero-order chi connectivity index (χ0) is 11.5. The highest BCUT2D eigenvalue weighted by Crippen LogP contribution is 2.33. The molecule has 2 atom stereocenters. The van der Waals surface area contributed by atoms with Gasteiger partial charge in [0.05, 0.1) is 12.7 Å². The van der Waals surface area contributed by atoms with E-state index in [1.165, 1.54) is 24.8 Å². The van der Waals surface area contributed by atoms with Crippen molar-refractivity contribution in [3.05, 3.63) is 21.9 Å². The Bertz CT molecular complexity index is 360. The van der Waals surface area contributed by atoms with E-state index >= 15 is 0 Å². The van der Waals surface area contributed by atoms with Crippen LogP contribution in [-0.2, 0) is 15.9 Å². The molecule has 1 aliphatic heterocycles. The molecule has 0 bridgehead atoms. The van der Waals surface area contributed by atoms with Crippen molar-refractivity contribution in [3.63, 3.8) is 0 Å². The first-order chi connectivity index (χ1) is 8.43. The molecule has 0 saturated carbocycles. The summed E-state index contributed by atoms with van der Waals surface area (Å²) >= 11 is 1.90. The second-order valence-electron chi connectivity index (χ2n) is 4.76. The average molecular weight is 253 g/mol. The number of fused-ring (bicyclic) bond motifs is 1. The number of nitrogens with one attached hydrogen (secondary N) is 1. The normalized spacial score (nSPS) is 28.9. The molecule has 0 amide bonds. The molecule has 1 saturated heterocycles. The van der Waals surface area contributed by atoms with E-state index in [1.54, 1.807) is 4.88 Å². The van der Waals surface area contributed by atoms with Crippen LogP contribution in [0.15, 0.2) is 11.4 Å². The summed E-state index contributed by atoms with van der Waals surface area (Å²) < 4.78 is 10.7. The lowest BCUT2D eigenvalue weighted by Crippen LogP contribution is -2.36. The number of rotatable bonds is 3. The minimum atomic E-state index is 0.327. The van der Waals surface area contributed by atoms with E-state index in [2.05, 4.69) is 16.8 Å². The molecule has 94 valence electrons. The lowest BCUT2D eigenvalue weighted by molar-refractivity contribution is -0.137. The summed E-state index contributed by atoms with van der Waals surface area (Å²) in [7, 11) is 0. The van der Waals surface area contributed by atoms with Gasteiger partial charge in [0.2, 0.25) is 0 Å². The van der Waals surface area contributed by atoms with Crippen molar-refractivity contribution in [2.24, 2.45) is 0 Å². The molecular weight excluding hydrogens is 234 g/mol. The summed E-state index contributed by atoms with van der Waals surface area (Å²) in [6.07, 6.45) is 5.16. The minimum Gasteiger partial charge on any atom is -0.355 e. The Morgan fingerprint density at radius 1 is 1.41 bits per heavy atom. The van der Waals surface area contributed by atoms with Crippen LogP contribution in [-0.4, -0.2) is 26.0 Å². The standard InChI is InChI=1S/C13H19NO2S/c1-2-12(11-5-7-17-13(11)3-1)14-8-10-4-6-15-9-16-10/h5,7,10,12,14H,1-4,6,8-9H2. The molecule has 1 aromatic rings. The molecule has 1 fully saturated rings. The van der Waals surface area contributed by atoms with E-state index in [1.807, 2.05) is 11.3 Å². The number of hydrogen-bond acceptors (Lipinski definition) is 4. The Hall–Kier alpha value is -0.420. The predicted molar refractivity (Wildman–Crippen MR) is 68.3 cm³/mol. The van der Waals surface area contributed by atoms with Crippen LogP contribution < -0.4 is 5.32 Å². The summed E-state index contributed by atoms with van der Waals surface area (Å²) in [6.45, 7) is 2.24. The Kier molecular flexibility index (Phi) is 3.76. The van der Waals surface area contributed by atoms with Gasteiger partial charge in [-0.2, -0.15) is 0 Å². The fourth-order valence-electron chi connectivity index (χ4n) is 2.63. The van der Waals surface area contributed by atoms with E-state index in [0.29, 0.717) is 18.9 Å². The van der Waals surface area contributed by atoms with Crippen molar-refractivity contribution in [2.45, 2.75) is 37.8 Å². The number of hydrogen-bond donors (Lipinski definition) is 1. The molecule has 1 aromatic heterocycles. The Balaban J connectivity index is 1.56. The van der Waals surface area contributed by atoms with Crippen LogP contribution in [0.2, 0.25) is 0 Å². The van der Waals surface area contributed by atoms with Crippen molar-refractivity contribution in [3.8, 4) is 0 Å². The van der Waals surface area contributed by atoms with Gasteiger partial charge in [0.15, 0.2) is 0 Å². The Labute approximate surface area is 106 Å². The zero-order valence-corrected chi connectivity index (χ0v) is 10.8. The summed E-state index contributed by atoms with van der Waals surface area (Å²) in [5, 5.41) is 5.88. The van der Waals surface area contributed by atoms with E-state index in [9.17, 15) is 0 Å². The molecule has 2 unspecified atom stereocenters. The van der Waals surface area contributed by atoms with Gasteiger partial charge in [0.1, 0.15) is 6.79 Å². The van der Waals surface area contributed by atoms with Gasteiger partial charge in [-0.05, 0) is 42.7 Å². The fourth-order valence-corrected chi connectivity index (χ4v) is 3.62. The lowest BCUT2D eigenvalue weighted by atomic mass is 9.94. The second kappa shape index (κ2) is 5.48. The quantitative estimate of drug-likeness (QED) is 0.897. The van der Waals surface area contributed by atoms with E-state index in [4.69, 9.17) is 9.47 Å². The Morgan fingerprint density at radius 2 is 2.41 bits per heavy atom.